The van der Waals surface area contributed by atoms with Crippen LogP contribution in [-0.4, -0.2) is 30.1 Å². The summed E-state index contributed by atoms with van der Waals surface area (Å²) in [6.07, 6.45) is 7.41. The average Bonchev–Trinajstić information content (AvgIpc) is 3.19. The van der Waals surface area contributed by atoms with Crippen molar-refractivity contribution < 1.29 is 24.2 Å². The van der Waals surface area contributed by atoms with E-state index in [0.29, 0.717) is 16.9 Å². The number of ketones is 1. The van der Waals surface area contributed by atoms with E-state index in [0.717, 1.165) is 25.7 Å². The van der Waals surface area contributed by atoms with E-state index in [9.17, 15) is 14.7 Å². The third-order valence-electron chi connectivity index (χ3n) is 4.58. The predicted molar refractivity (Wildman–Crippen MR) is 102 cm³/mol. The number of hydrogen-bond donors (Lipinski definition) is 1. The second-order valence-corrected chi connectivity index (χ2v) is 6.51. The van der Waals surface area contributed by atoms with Gasteiger partial charge in [0.05, 0.1) is 18.8 Å². The van der Waals surface area contributed by atoms with Gasteiger partial charge in [-0.15, -0.1) is 0 Å². The summed E-state index contributed by atoms with van der Waals surface area (Å²) in [7, 11) is 1.30. The van der Waals surface area contributed by atoms with Gasteiger partial charge in [0.2, 0.25) is 0 Å². The molecule has 2 aromatic rings. The smallest absolute Gasteiger partial charge is 0.330 e. The molecule has 0 radical (unpaired) electrons. The zero-order valence-corrected chi connectivity index (χ0v) is 15.2. The van der Waals surface area contributed by atoms with Gasteiger partial charge in [-0.25, -0.2) is 4.79 Å². The average molecular weight is 366 g/mol. The van der Waals surface area contributed by atoms with E-state index >= 15 is 0 Å². The standard InChI is InChI=1S/C22H22O5/c1-26-21(24)12-9-15-5-4-6-16(13-15)22(25)19-11-10-18(14-20(19)23)27-17-7-2-3-8-17/h4-6,9-14,17,23H,2-3,7-8H2,1H3/b12-9+. The number of methoxy groups -OCH3 is 1. The molecule has 0 aliphatic heterocycles. The summed E-state index contributed by atoms with van der Waals surface area (Å²) in [5, 5.41) is 10.3. The quantitative estimate of drug-likeness (QED) is 0.473. The van der Waals surface area contributed by atoms with E-state index in [1.54, 1.807) is 42.5 Å². The van der Waals surface area contributed by atoms with Crippen molar-refractivity contribution in [3.8, 4) is 11.5 Å². The molecule has 140 valence electrons. The largest absolute Gasteiger partial charge is 0.507 e. The first-order valence-corrected chi connectivity index (χ1v) is 8.97. The fourth-order valence-electron chi connectivity index (χ4n) is 3.15. The maximum Gasteiger partial charge on any atom is 0.330 e. The first-order valence-electron chi connectivity index (χ1n) is 8.97. The van der Waals surface area contributed by atoms with E-state index in [4.69, 9.17) is 4.74 Å². The lowest BCUT2D eigenvalue weighted by molar-refractivity contribution is -0.134. The summed E-state index contributed by atoms with van der Waals surface area (Å²) >= 11 is 0. The third-order valence-corrected chi connectivity index (χ3v) is 4.58. The summed E-state index contributed by atoms with van der Waals surface area (Å²) in [5.74, 6) is -0.299. The van der Waals surface area contributed by atoms with Crippen LogP contribution in [0, 0.1) is 0 Å². The van der Waals surface area contributed by atoms with Crippen molar-refractivity contribution >= 4 is 17.8 Å². The second kappa shape index (κ2) is 8.54. The van der Waals surface area contributed by atoms with Crippen LogP contribution in [0.25, 0.3) is 6.08 Å². The van der Waals surface area contributed by atoms with E-state index in [-0.39, 0.29) is 23.2 Å². The molecule has 1 fully saturated rings. The molecular formula is C22H22O5. The van der Waals surface area contributed by atoms with E-state index in [2.05, 4.69) is 4.74 Å². The lowest BCUT2D eigenvalue weighted by atomic mass is 10.00. The van der Waals surface area contributed by atoms with Gasteiger partial charge in [-0.1, -0.05) is 18.2 Å². The highest BCUT2D eigenvalue weighted by atomic mass is 16.5. The minimum atomic E-state index is -0.470. The Morgan fingerprint density at radius 2 is 1.89 bits per heavy atom. The zero-order chi connectivity index (χ0) is 19.2. The van der Waals surface area contributed by atoms with Crippen molar-refractivity contribution in [3.05, 3.63) is 65.2 Å². The molecule has 0 heterocycles. The molecule has 5 nitrogen and oxygen atoms in total. The Morgan fingerprint density at radius 1 is 1.11 bits per heavy atom. The molecule has 1 saturated carbocycles. The molecule has 0 atom stereocenters. The zero-order valence-electron chi connectivity index (χ0n) is 15.2. The highest BCUT2D eigenvalue weighted by Gasteiger charge is 2.19. The Labute approximate surface area is 158 Å². The number of aromatic hydroxyl groups is 1. The van der Waals surface area contributed by atoms with Crippen LogP contribution in [0.3, 0.4) is 0 Å². The van der Waals surface area contributed by atoms with Crippen LogP contribution in [0.1, 0.15) is 47.2 Å². The van der Waals surface area contributed by atoms with Crippen LogP contribution in [0.5, 0.6) is 11.5 Å². The minimum Gasteiger partial charge on any atom is -0.507 e. The Kier molecular flexibility index (Phi) is 5.91. The number of esters is 1. The maximum absolute atomic E-state index is 12.8. The van der Waals surface area contributed by atoms with Crippen LogP contribution in [-0.2, 0) is 9.53 Å². The number of benzene rings is 2. The summed E-state index contributed by atoms with van der Waals surface area (Å²) in [5.41, 5.74) is 1.32. The normalized spacial score (nSPS) is 14.4. The van der Waals surface area contributed by atoms with Crippen LogP contribution < -0.4 is 4.74 Å². The van der Waals surface area contributed by atoms with E-state index in [1.165, 1.54) is 19.3 Å². The van der Waals surface area contributed by atoms with E-state index in [1.807, 2.05) is 0 Å². The molecule has 1 aliphatic carbocycles. The fraction of sp³-hybridized carbons (Fsp3) is 0.273. The highest BCUT2D eigenvalue weighted by Crippen LogP contribution is 2.29. The second-order valence-electron chi connectivity index (χ2n) is 6.51. The molecule has 5 heteroatoms. The van der Waals surface area contributed by atoms with Gasteiger partial charge in [-0.2, -0.15) is 0 Å². The summed E-state index contributed by atoms with van der Waals surface area (Å²) < 4.78 is 10.4. The predicted octanol–water partition coefficient (Wildman–Crippen LogP) is 4.13. The van der Waals surface area contributed by atoms with E-state index < -0.39 is 5.97 Å². The van der Waals surface area contributed by atoms with Crippen molar-refractivity contribution in [2.75, 3.05) is 7.11 Å². The lowest BCUT2D eigenvalue weighted by Gasteiger charge is -2.14. The molecular weight excluding hydrogens is 344 g/mol. The van der Waals surface area contributed by atoms with Gasteiger partial charge < -0.3 is 14.6 Å². The van der Waals surface area contributed by atoms with Crippen molar-refractivity contribution in [1.82, 2.24) is 0 Å². The van der Waals surface area contributed by atoms with Crippen molar-refractivity contribution in [2.45, 2.75) is 31.8 Å². The molecule has 1 aliphatic rings. The minimum absolute atomic E-state index is 0.106. The highest BCUT2D eigenvalue weighted by molar-refractivity contribution is 6.11. The van der Waals surface area contributed by atoms with Gasteiger partial charge in [-0.3, -0.25) is 4.79 Å². The molecule has 0 spiro atoms. The molecule has 0 saturated heterocycles. The molecule has 0 unspecified atom stereocenters. The number of carbonyl (C=O) groups is 2. The Bertz CT molecular complexity index is 863. The monoisotopic (exact) mass is 366 g/mol. The van der Waals surface area contributed by atoms with Gasteiger partial charge in [0.1, 0.15) is 11.5 Å². The van der Waals surface area contributed by atoms with Crippen LogP contribution >= 0.6 is 0 Å². The van der Waals surface area contributed by atoms with Gasteiger partial charge >= 0.3 is 5.97 Å². The summed E-state index contributed by atoms with van der Waals surface area (Å²) in [4.78, 5) is 24.0. The fourth-order valence-corrected chi connectivity index (χ4v) is 3.15. The SMILES string of the molecule is COC(=O)/C=C/c1cccc(C(=O)c2ccc(OC3CCCC3)cc2O)c1. The molecule has 3 rings (SSSR count). The van der Waals surface area contributed by atoms with Gasteiger partial charge in [0, 0.05) is 17.7 Å². The van der Waals surface area contributed by atoms with Crippen LogP contribution in [0.4, 0.5) is 0 Å². The number of hydrogen-bond acceptors (Lipinski definition) is 5. The van der Waals surface area contributed by atoms with Crippen molar-refractivity contribution in [3.63, 3.8) is 0 Å². The first-order chi connectivity index (χ1) is 13.1. The Hall–Kier alpha value is -3.08. The maximum atomic E-state index is 12.8. The molecule has 1 N–H and O–H groups in total. The molecule has 0 bridgehead atoms. The molecule has 0 amide bonds. The Balaban J connectivity index is 1.77. The number of rotatable bonds is 6. The summed E-state index contributed by atoms with van der Waals surface area (Å²) in [6, 6.07) is 11.6. The van der Waals surface area contributed by atoms with Gasteiger partial charge in [0.15, 0.2) is 5.78 Å². The number of ether oxygens (including phenoxy) is 2. The first kappa shape index (κ1) is 18.7. The third kappa shape index (κ3) is 4.76. The topological polar surface area (TPSA) is 72.8 Å². The van der Waals surface area contributed by atoms with Crippen molar-refractivity contribution in [2.24, 2.45) is 0 Å². The molecule has 27 heavy (non-hydrogen) atoms. The van der Waals surface area contributed by atoms with Crippen LogP contribution in [0.2, 0.25) is 0 Å². The van der Waals surface area contributed by atoms with Gasteiger partial charge in [-0.05, 0) is 55.5 Å². The summed E-state index contributed by atoms with van der Waals surface area (Å²) in [6.45, 7) is 0. The number of carbonyl (C=O) groups excluding carboxylic acids is 2. The number of phenols is 1. The number of phenolic OH excluding ortho intramolecular Hbond substituents is 1. The Morgan fingerprint density at radius 3 is 2.59 bits per heavy atom. The van der Waals surface area contributed by atoms with Gasteiger partial charge in [0.25, 0.3) is 0 Å². The molecule has 0 aromatic heterocycles. The van der Waals surface area contributed by atoms with Crippen molar-refractivity contribution in [1.29, 1.82) is 0 Å². The molecule has 2 aromatic carbocycles. The van der Waals surface area contributed by atoms with Crippen LogP contribution in [0.15, 0.2) is 48.5 Å². The lowest BCUT2D eigenvalue weighted by Crippen LogP contribution is -2.11.